The third-order valence-corrected chi connectivity index (χ3v) is 8.39. The molecular formula is C27H36BNO2. The lowest BCUT2D eigenvalue weighted by Gasteiger charge is -2.32. The molecule has 2 fully saturated rings. The second-order valence-corrected chi connectivity index (χ2v) is 11.4. The number of fused-ring (bicyclic) bond motifs is 4. The van der Waals surface area contributed by atoms with E-state index in [4.69, 9.17) is 14.3 Å². The lowest BCUT2D eigenvalue weighted by molar-refractivity contribution is 0.00578. The Hall–Kier alpha value is -1.65. The van der Waals surface area contributed by atoms with E-state index in [-0.39, 0.29) is 18.3 Å². The van der Waals surface area contributed by atoms with Crippen LogP contribution in [0.5, 0.6) is 0 Å². The molecule has 4 atom stereocenters. The molecular weight excluding hydrogens is 381 g/mol. The first-order valence-corrected chi connectivity index (χ1v) is 12.1. The van der Waals surface area contributed by atoms with E-state index < -0.39 is 0 Å². The zero-order valence-corrected chi connectivity index (χ0v) is 19.9. The largest absolute Gasteiger partial charge is 0.496 e. The topological polar surface area (TPSA) is 31.4 Å². The van der Waals surface area contributed by atoms with Gasteiger partial charge in [0.25, 0.3) is 0 Å². The molecule has 1 saturated carbocycles. The normalized spacial score (nSPS) is 31.2. The quantitative estimate of drug-likeness (QED) is 0.556. The molecule has 2 bridgehead atoms. The fraction of sp³-hybridized carbons (Fsp3) is 0.593. The third kappa shape index (κ3) is 3.76. The maximum absolute atomic E-state index is 6.18. The van der Waals surface area contributed by atoms with Gasteiger partial charge in [0.2, 0.25) is 0 Å². The van der Waals surface area contributed by atoms with E-state index in [2.05, 4.69) is 71.9 Å². The molecule has 164 valence electrons. The van der Waals surface area contributed by atoms with Crippen molar-refractivity contribution >= 4 is 12.6 Å². The van der Waals surface area contributed by atoms with Gasteiger partial charge in [0.15, 0.2) is 0 Å². The van der Waals surface area contributed by atoms with Gasteiger partial charge in [-0.1, -0.05) is 32.0 Å². The van der Waals surface area contributed by atoms with Crippen molar-refractivity contribution in [1.29, 1.82) is 0 Å². The SMILES string of the molecule is CC1CC2CC(C)c3cc(-c4ccc(B5OC(C)(C)C(C)(C)O5)cn4)ccc3C(C1)C2. The molecule has 4 unspecified atom stereocenters. The summed E-state index contributed by atoms with van der Waals surface area (Å²) in [6.07, 6.45) is 7.37. The second-order valence-electron chi connectivity index (χ2n) is 11.4. The zero-order valence-electron chi connectivity index (χ0n) is 19.9. The van der Waals surface area contributed by atoms with Crippen LogP contribution in [0.1, 0.15) is 90.2 Å². The van der Waals surface area contributed by atoms with Crippen molar-refractivity contribution in [3.63, 3.8) is 0 Å². The van der Waals surface area contributed by atoms with Gasteiger partial charge in [-0.15, -0.1) is 0 Å². The summed E-state index contributed by atoms with van der Waals surface area (Å²) in [7, 11) is -0.361. The van der Waals surface area contributed by atoms with Crippen LogP contribution < -0.4 is 5.46 Å². The number of pyridine rings is 1. The molecule has 31 heavy (non-hydrogen) atoms. The minimum Gasteiger partial charge on any atom is -0.399 e. The second kappa shape index (κ2) is 7.45. The van der Waals surface area contributed by atoms with E-state index in [0.29, 0.717) is 5.92 Å². The van der Waals surface area contributed by atoms with Crippen LogP contribution in [0.2, 0.25) is 0 Å². The summed E-state index contributed by atoms with van der Waals surface area (Å²) in [6, 6.07) is 11.3. The molecule has 3 nitrogen and oxygen atoms in total. The first-order valence-electron chi connectivity index (χ1n) is 12.1. The van der Waals surface area contributed by atoms with E-state index in [1.54, 1.807) is 11.1 Å². The Morgan fingerprint density at radius 3 is 2.29 bits per heavy atom. The van der Waals surface area contributed by atoms with Crippen LogP contribution >= 0.6 is 0 Å². The monoisotopic (exact) mass is 417 g/mol. The summed E-state index contributed by atoms with van der Waals surface area (Å²) in [4.78, 5) is 4.80. The molecule has 5 rings (SSSR count). The van der Waals surface area contributed by atoms with Crippen molar-refractivity contribution in [1.82, 2.24) is 4.98 Å². The Kier molecular flexibility index (Phi) is 5.10. The van der Waals surface area contributed by atoms with Crippen LogP contribution in [-0.4, -0.2) is 23.3 Å². The summed E-state index contributed by atoms with van der Waals surface area (Å²) >= 11 is 0. The highest BCUT2D eigenvalue weighted by Crippen LogP contribution is 2.48. The number of aromatic nitrogens is 1. The molecule has 1 saturated heterocycles. The molecule has 3 aliphatic rings. The predicted molar refractivity (Wildman–Crippen MR) is 128 cm³/mol. The van der Waals surface area contributed by atoms with E-state index >= 15 is 0 Å². The standard InChI is InChI=1S/C27H36BNO2/c1-17-11-19-13-18(2)24-15-20(7-9-23(24)21(12-17)14-19)25-10-8-22(16-29-25)28-30-26(3,4)27(5,6)31-28/h7-10,15-19,21H,11-14H2,1-6H3. The summed E-state index contributed by atoms with van der Waals surface area (Å²) in [6.45, 7) is 13.2. The van der Waals surface area contributed by atoms with Crippen LogP contribution in [0, 0.1) is 11.8 Å². The van der Waals surface area contributed by atoms with E-state index in [1.807, 2.05) is 6.20 Å². The third-order valence-electron chi connectivity index (χ3n) is 8.39. The Balaban J connectivity index is 1.41. The average molecular weight is 417 g/mol. The van der Waals surface area contributed by atoms with Crippen molar-refractivity contribution in [3.8, 4) is 11.3 Å². The van der Waals surface area contributed by atoms with Gasteiger partial charge in [0, 0.05) is 17.2 Å². The van der Waals surface area contributed by atoms with Gasteiger partial charge in [0.05, 0.1) is 16.9 Å². The molecule has 1 aromatic heterocycles. The molecule has 1 aromatic carbocycles. The smallest absolute Gasteiger partial charge is 0.399 e. The van der Waals surface area contributed by atoms with Crippen LogP contribution in [0.4, 0.5) is 0 Å². The van der Waals surface area contributed by atoms with Crippen molar-refractivity contribution < 1.29 is 9.31 Å². The fourth-order valence-corrected chi connectivity index (χ4v) is 6.05. The van der Waals surface area contributed by atoms with Crippen molar-refractivity contribution in [2.45, 2.75) is 90.3 Å². The summed E-state index contributed by atoms with van der Waals surface area (Å²) in [5, 5.41) is 0. The van der Waals surface area contributed by atoms with Crippen LogP contribution in [0.25, 0.3) is 11.3 Å². The summed E-state index contributed by atoms with van der Waals surface area (Å²) < 4.78 is 12.4. The molecule has 2 aliphatic carbocycles. The molecule has 0 radical (unpaired) electrons. The zero-order chi connectivity index (χ0) is 22.0. The lowest BCUT2D eigenvalue weighted by Crippen LogP contribution is -2.41. The lowest BCUT2D eigenvalue weighted by atomic mass is 9.73. The molecule has 4 heteroatoms. The van der Waals surface area contributed by atoms with Crippen LogP contribution in [0.3, 0.4) is 0 Å². The maximum atomic E-state index is 6.18. The van der Waals surface area contributed by atoms with E-state index in [0.717, 1.165) is 28.9 Å². The van der Waals surface area contributed by atoms with Crippen LogP contribution in [-0.2, 0) is 9.31 Å². The molecule has 0 amide bonds. The number of hydrogen-bond donors (Lipinski definition) is 0. The summed E-state index contributed by atoms with van der Waals surface area (Å²) in [5.41, 5.74) is 5.70. The number of rotatable bonds is 2. The average Bonchev–Trinajstić information content (AvgIpc) is 2.88. The Labute approximate surface area is 188 Å². The molecule has 2 heterocycles. The first-order chi connectivity index (χ1) is 14.6. The molecule has 2 aromatic rings. The highest BCUT2D eigenvalue weighted by Gasteiger charge is 2.51. The van der Waals surface area contributed by atoms with E-state index in [9.17, 15) is 0 Å². The summed E-state index contributed by atoms with van der Waals surface area (Å²) in [5.74, 6) is 3.10. The van der Waals surface area contributed by atoms with Gasteiger partial charge in [0.1, 0.15) is 0 Å². The Bertz CT molecular complexity index is 952. The highest BCUT2D eigenvalue weighted by molar-refractivity contribution is 6.62. The highest BCUT2D eigenvalue weighted by atomic mass is 16.7. The minimum atomic E-state index is -0.361. The molecule has 0 N–H and O–H groups in total. The number of hydrogen-bond acceptors (Lipinski definition) is 3. The van der Waals surface area contributed by atoms with Crippen molar-refractivity contribution in [2.75, 3.05) is 0 Å². The maximum Gasteiger partial charge on any atom is 0.496 e. The van der Waals surface area contributed by atoms with E-state index in [1.165, 1.54) is 31.2 Å². The molecule has 0 spiro atoms. The van der Waals surface area contributed by atoms with Gasteiger partial charge in [-0.05, 0) is 100 Å². The van der Waals surface area contributed by atoms with Gasteiger partial charge >= 0.3 is 7.12 Å². The van der Waals surface area contributed by atoms with Gasteiger partial charge < -0.3 is 9.31 Å². The van der Waals surface area contributed by atoms with Gasteiger partial charge in [-0.2, -0.15) is 0 Å². The van der Waals surface area contributed by atoms with Gasteiger partial charge in [-0.3, -0.25) is 4.98 Å². The van der Waals surface area contributed by atoms with Crippen molar-refractivity contribution in [3.05, 3.63) is 47.7 Å². The number of benzene rings is 1. The fourth-order valence-electron chi connectivity index (χ4n) is 6.05. The Morgan fingerprint density at radius 2 is 1.61 bits per heavy atom. The molecule has 1 aliphatic heterocycles. The first kappa shape index (κ1) is 21.2. The number of nitrogens with zero attached hydrogens (tertiary/aromatic N) is 1. The van der Waals surface area contributed by atoms with Crippen LogP contribution in [0.15, 0.2) is 36.5 Å². The predicted octanol–water partition coefficient (Wildman–Crippen LogP) is 6.07. The van der Waals surface area contributed by atoms with Gasteiger partial charge in [-0.25, -0.2) is 0 Å². The Morgan fingerprint density at radius 1 is 0.871 bits per heavy atom. The minimum absolute atomic E-state index is 0.334. The van der Waals surface area contributed by atoms with Crippen molar-refractivity contribution in [2.24, 2.45) is 11.8 Å².